The summed E-state index contributed by atoms with van der Waals surface area (Å²) in [5.41, 5.74) is 1.07. The van der Waals surface area contributed by atoms with Gasteiger partial charge in [0.25, 0.3) is 5.95 Å². The van der Waals surface area contributed by atoms with Crippen molar-refractivity contribution in [3.8, 4) is 5.95 Å². The summed E-state index contributed by atoms with van der Waals surface area (Å²) in [7, 11) is 0. The summed E-state index contributed by atoms with van der Waals surface area (Å²) in [5.74, 6) is 1.56. The second-order valence-electron chi connectivity index (χ2n) is 2.26. The van der Waals surface area contributed by atoms with Crippen molar-refractivity contribution in [1.82, 2.24) is 0 Å². The Morgan fingerprint density at radius 3 is 2.60 bits per heavy atom. The Kier molecular flexibility index (Phi) is 2.00. The van der Waals surface area contributed by atoms with Gasteiger partial charge in [0, 0.05) is 5.56 Å². The first-order valence-electron chi connectivity index (χ1n) is 3.44. The molecule has 0 saturated carbocycles. The van der Waals surface area contributed by atoms with E-state index in [1.807, 2.05) is 26.8 Å². The maximum atomic E-state index is 5.23. The van der Waals surface area contributed by atoms with E-state index in [1.165, 1.54) is 0 Å². The highest BCUT2D eigenvalue weighted by Gasteiger charge is 2.03. The van der Waals surface area contributed by atoms with Crippen LogP contribution in [-0.2, 0) is 0 Å². The SMILES string of the molecule is CCOc1oc(C)cc1C. The molecule has 0 N–H and O–H groups in total. The standard InChI is InChI=1S/C8H12O2/c1-4-9-8-6(2)5-7(3)10-8/h5H,4H2,1-3H3. The maximum absolute atomic E-state index is 5.23. The Hall–Kier alpha value is -0.920. The van der Waals surface area contributed by atoms with Gasteiger partial charge in [0.1, 0.15) is 5.76 Å². The molecule has 0 aliphatic carbocycles. The lowest BCUT2D eigenvalue weighted by atomic mass is 10.3. The van der Waals surface area contributed by atoms with Gasteiger partial charge in [-0.1, -0.05) is 0 Å². The van der Waals surface area contributed by atoms with E-state index in [9.17, 15) is 0 Å². The molecule has 0 amide bonds. The summed E-state index contributed by atoms with van der Waals surface area (Å²) < 4.78 is 10.4. The normalized spacial score (nSPS) is 9.90. The molecule has 1 aromatic rings. The predicted octanol–water partition coefficient (Wildman–Crippen LogP) is 2.30. The molecule has 1 rings (SSSR count). The van der Waals surface area contributed by atoms with Crippen LogP contribution < -0.4 is 4.74 Å². The van der Waals surface area contributed by atoms with Gasteiger partial charge in [0.05, 0.1) is 6.61 Å². The zero-order valence-corrected chi connectivity index (χ0v) is 6.60. The van der Waals surface area contributed by atoms with Crippen molar-refractivity contribution in [2.24, 2.45) is 0 Å². The fraction of sp³-hybridized carbons (Fsp3) is 0.500. The summed E-state index contributed by atoms with van der Waals surface area (Å²) in [5, 5.41) is 0. The van der Waals surface area contributed by atoms with Crippen LogP contribution in [0.4, 0.5) is 0 Å². The van der Waals surface area contributed by atoms with Gasteiger partial charge in [0.15, 0.2) is 0 Å². The van der Waals surface area contributed by atoms with E-state index < -0.39 is 0 Å². The highest BCUT2D eigenvalue weighted by atomic mass is 16.6. The highest BCUT2D eigenvalue weighted by molar-refractivity contribution is 5.24. The molecule has 0 radical (unpaired) electrons. The maximum Gasteiger partial charge on any atom is 0.287 e. The highest BCUT2D eigenvalue weighted by Crippen LogP contribution is 2.21. The summed E-state index contributed by atoms with van der Waals surface area (Å²) in [4.78, 5) is 0. The van der Waals surface area contributed by atoms with Crippen molar-refractivity contribution < 1.29 is 9.15 Å². The molecule has 56 valence electrons. The van der Waals surface area contributed by atoms with Crippen LogP contribution in [0.15, 0.2) is 10.5 Å². The molecule has 0 saturated heterocycles. The Bertz CT molecular complexity index is 213. The van der Waals surface area contributed by atoms with Gasteiger partial charge in [-0.2, -0.15) is 0 Å². The van der Waals surface area contributed by atoms with Crippen molar-refractivity contribution >= 4 is 0 Å². The monoisotopic (exact) mass is 140 g/mol. The molecule has 0 aliphatic rings. The molecule has 0 unspecified atom stereocenters. The molecule has 2 nitrogen and oxygen atoms in total. The Morgan fingerprint density at radius 1 is 1.50 bits per heavy atom. The molecule has 2 heteroatoms. The third kappa shape index (κ3) is 1.32. The number of hydrogen-bond donors (Lipinski definition) is 0. The van der Waals surface area contributed by atoms with E-state index in [2.05, 4.69) is 0 Å². The first kappa shape index (κ1) is 7.19. The Labute approximate surface area is 60.8 Å². The molecular weight excluding hydrogens is 128 g/mol. The zero-order valence-electron chi connectivity index (χ0n) is 6.60. The largest absolute Gasteiger partial charge is 0.465 e. The average Bonchev–Trinajstić information content (AvgIpc) is 2.13. The lowest BCUT2D eigenvalue weighted by Gasteiger charge is -1.96. The summed E-state index contributed by atoms with van der Waals surface area (Å²) in [6.45, 7) is 6.49. The van der Waals surface area contributed by atoms with Crippen molar-refractivity contribution in [3.05, 3.63) is 17.4 Å². The Balaban J connectivity index is 2.81. The second-order valence-corrected chi connectivity index (χ2v) is 2.26. The number of rotatable bonds is 2. The van der Waals surface area contributed by atoms with Gasteiger partial charge in [-0.25, -0.2) is 0 Å². The fourth-order valence-electron chi connectivity index (χ4n) is 0.894. The smallest absolute Gasteiger partial charge is 0.287 e. The number of ether oxygens (including phenoxy) is 1. The van der Waals surface area contributed by atoms with Crippen LogP contribution >= 0.6 is 0 Å². The second kappa shape index (κ2) is 2.78. The molecule has 10 heavy (non-hydrogen) atoms. The number of furan rings is 1. The molecule has 0 aliphatic heterocycles. The molecule has 1 aromatic heterocycles. The summed E-state index contributed by atoms with van der Waals surface area (Å²) in [6.07, 6.45) is 0. The summed E-state index contributed by atoms with van der Waals surface area (Å²) in [6, 6.07) is 1.96. The van der Waals surface area contributed by atoms with E-state index in [1.54, 1.807) is 0 Å². The zero-order chi connectivity index (χ0) is 7.56. The minimum atomic E-state index is 0.653. The Morgan fingerprint density at radius 2 is 2.20 bits per heavy atom. The summed E-state index contributed by atoms with van der Waals surface area (Å²) >= 11 is 0. The van der Waals surface area contributed by atoms with E-state index in [0.29, 0.717) is 12.6 Å². The molecule has 0 atom stereocenters. The molecule has 0 fully saturated rings. The van der Waals surface area contributed by atoms with Crippen LogP contribution in [0.2, 0.25) is 0 Å². The van der Waals surface area contributed by atoms with Gasteiger partial charge in [-0.05, 0) is 26.8 Å². The quantitative estimate of drug-likeness (QED) is 0.628. The molecule has 0 spiro atoms. The molecule has 0 bridgehead atoms. The average molecular weight is 140 g/mol. The minimum Gasteiger partial charge on any atom is -0.465 e. The first-order valence-corrected chi connectivity index (χ1v) is 3.44. The molecular formula is C8H12O2. The fourth-order valence-corrected chi connectivity index (χ4v) is 0.894. The van der Waals surface area contributed by atoms with Crippen LogP contribution in [0.5, 0.6) is 5.95 Å². The third-order valence-electron chi connectivity index (χ3n) is 1.27. The lowest BCUT2D eigenvalue weighted by molar-refractivity contribution is 0.251. The van der Waals surface area contributed by atoms with Gasteiger partial charge in [-0.15, -0.1) is 0 Å². The van der Waals surface area contributed by atoms with Gasteiger partial charge in [-0.3, -0.25) is 0 Å². The number of aryl methyl sites for hydroxylation is 2. The van der Waals surface area contributed by atoms with Gasteiger partial charge < -0.3 is 9.15 Å². The van der Waals surface area contributed by atoms with E-state index >= 15 is 0 Å². The van der Waals surface area contributed by atoms with Crippen LogP contribution in [0.25, 0.3) is 0 Å². The molecule has 1 heterocycles. The van der Waals surface area contributed by atoms with Gasteiger partial charge in [0.2, 0.25) is 0 Å². The topological polar surface area (TPSA) is 22.4 Å². The van der Waals surface area contributed by atoms with Crippen LogP contribution in [0.3, 0.4) is 0 Å². The third-order valence-corrected chi connectivity index (χ3v) is 1.27. The lowest BCUT2D eigenvalue weighted by Crippen LogP contribution is -1.90. The van der Waals surface area contributed by atoms with Crippen molar-refractivity contribution in [2.75, 3.05) is 6.61 Å². The van der Waals surface area contributed by atoms with E-state index in [4.69, 9.17) is 9.15 Å². The predicted molar refractivity (Wildman–Crippen MR) is 39.4 cm³/mol. The van der Waals surface area contributed by atoms with E-state index in [0.717, 1.165) is 11.3 Å². The first-order chi connectivity index (χ1) is 4.74. The van der Waals surface area contributed by atoms with Crippen LogP contribution in [-0.4, -0.2) is 6.61 Å². The molecule has 0 aromatic carbocycles. The van der Waals surface area contributed by atoms with Crippen molar-refractivity contribution in [2.45, 2.75) is 20.8 Å². The van der Waals surface area contributed by atoms with Gasteiger partial charge >= 0.3 is 0 Å². The van der Waals surface area contributed by atoms with Crippen LogP contribution in [0, 0.1) is 13.8 Å². The van der Waals surface area contributed by atoms with Crippen molar-refractivity contribution in [1.29, 1.82) is 0 Å². The van der Waals surface area contributed by atoms with Crippen LogP contribution in [0.1, 0.15) is 18.2 Å². The minimum absolute atomic E-state index is 0.653. The van der Waals surface area contributed by atoms with Crippen molar-refractivity contribution in [3.63, 3.8) is 0 Å². The number of hydrogen-bond acceptors (Lipinski definition) is 2. The van der Waals surface area contributed by atoms with E-state index in [-0.39, 0.29) is 0 Å².